The van der Waals surface area contributed by atoms with Crippen LogP contribution in [0.15, 0.2) is 24.3 Å². The van der Waals surface area contributed by atoms with E-state index in [1.165, 1.54) is 0 Å². The van der Waals surface area contributed by atoms with Crippen LogP contribution in [0.25, 0.3) is 0 Å². The summed E-state index contributed by atoms with van der Waals surface area (Å²) in [6, 6.07) is 7.76. The molecular formula is C20H29N3O3. The van der Waals surface area contributed by atoms with Crippen LogP contribution in [0.1, 0.15) is 33.1 Å². The fraction of sp³-hybridized carbons (Fsp3) is 0.600. The molecule has 0 bridgehead atoms. The number of nitrogens with one attached hydrogen (secondary N) is 1. The number of amides is 2. The maximum absolute atomic E-state index is 13.0. The number of morpholine rings is 1. The van der Waals surface area contributed by atoms with Crippen LogP contribution in [0.5, 0.6) is 0 Å². The molecule has 1 aromatic carbocycles. The Morgan fingerprint density at radius 1 is 1.00 bits per heavy atom. The van der Waals surface area contributed by atoms with Crippen molar-refractivity contribution in [3.63, 3.8) is 0 Å². The Morgan fingerprint density at radius 3 is 2.35 bits per heavy atom. The summed E-state index contributed by atoms with van der Waals surface area (Å²) in [5, 5.41) is 3.00. The van der Waals surface area contributed by atoms with Crippen LogP contribution in [0.4, 0.5) is 11.4 Å². The lowest BCUT2D eigenvalue weighted by molar-refractivity contribution is -0.147. The minimum atomic E-state index is -1.09. The predicted molar refractivity (Wildman–Crippen MR) is 102 cm³/mol. The SMILES string of the molecule is CC(C)(C(=O)Nc1ccccc1N1CCOCC1)C(=O)N1CCCCC1. The van der Waals surface area contributed by atoms with Gasteiger partial charge < -0.3 is 19.9 Å². The molecule has 0 atom stereocenters. The molecule has 6 nitrogen and oxygen atoms in total. The molecule has 2 saturated heterocycles. The smallest absolute Gasteiger partial charge is 0.239 e. The second kappa shape index (κ2) is 8.08. The molecule has 0 saturated carbocycles. The Kier molecular flexibility index (Phi) is 5.81. The number of ether oxygens (including phenoxy) is 1. The van der Waals surface area contributed by atoms with Crippen LogP contribution >= 0.6 is 0 Å². The van der Waals surface area contributed by atoms with E-state index in [0.29, 0.717) is 13.2 Å². The van der Waals surface area contributed by atoms with E-state index in [1.54, 1.807) is 13.8 Å². The van der Waals surface area contributed by atoms with Crippen molar-refractivity contribution in [2.75, 3.05) is 49.6 Å². The molecule has 0 radical (unpaired) electrons. The summed E-state index contributed by atoms with van der Waals surface area (Å²) in [5.74, 6) is -0.340. The first kappa shape index (κ1) is 18.7. The lowest BCUT2D eigenvalue weighted by Crippen LogP contribution is -2.49. The first-order valence-electron chi connectivity index (χ1n) is 9.53. The highest BCUT2D eigenvalue weighted by Crippen LogP contribution is 2.29. The molecule has 2 amide bonds. The molecule has 2 heterocycles. The zero-order valence-electron chi connectivity index (χ0n) is 15.8. The van der Waals surface area contributed by atoms with E-state index in [1.807, 2.05) is 29.2 Å². The molecule has 26 heavy (non-hydrogen) atoms. The normalized spacial score (nSPS) is 18.5. The van der Waals surface area contributed by atoms with Gasteiger partial charge in [0.1, 0.15) is 5.41 Å². The van der Waals surface area contributed by atoms with Crippen LogP contribution < -0.4 is 10.2 Å². The average molecular weight is 359 g/mol. The van der Waals surface area contributed by atoms with Gasteiger partial charge in [0.2, 0.25) is 11.8 Å². The number of nitrogens with zero attached hydrogens (tertiary/aromatic N) is 2. The molecule has 2 fully saturated rings. The number of rotatable bonds is 4. The molecule has 1 aromatic rings. The number of para-hydroxylation sites is 2. The summed E-state index contributed by atoms with van der Waals surface area (Å²) in [6.45, 7) is 7.89. The van der Waals surface area contributed by atoms with Crippen molar-refractivity contribution in [1.82, 2.24) is 4.90 Å². The lowest BCUT2D eigenvalue weighted by Gasteiger charge is -2.34. The Morgan fingerprint density at radius 2 is 1.65 bits per heavy atom. The molecule has 2 aliphatic heterocycles. The topological polar surface area (TPSA) is 61.9 Å². The number of piperidine rings is 1. The van der Waals surface area contributed by atoms with Gasteiger partial charge in [0, 0.05) is 26.2 Å². The molecular weight excluding hydrogens is 330 g/mol. The Hall–Kier alpha value is -2.08. The van der Waals surface area contributed by atoms with Gasteiger partial charge in [-0.2, -0.15) is 0 Å². The van der Waals surface area contributed by atoms with Crippen LogP contribution in [-0.2, 0) is 14.3 Å². The molecule has 1 N–H and O–H groups in total. The number of carbonyl (C=O) groups excluding carboxylic acids is 2. The maximum atomic E-state index is 13.0. The monoisotopic (exact) mass is 359 g/mol. The van der Waals surface area contributed by atoms with Gasteiger partial charge in [-0.1, -0.05) is 12.1 Å². The zero-order chi connectivity index (χ0) is 18.6. The summed E-state index contributed by atoms with van der Waals surface area (Å²) < 4.78 is 5.42. The predicted octanol–water partition coefficient (Wildman–Crippen LogP) is 2.50. The Bertz CT molecular complexity index is 647. The highest BCUT2D eigenvalue weighted by molar-refractivity contribution is 6.10. The number of carbonyl (C=O) groups is 2. The maximum Gasteiger partial charge on any atom is 0.239 e. The fourth-order valence-corrected chi connectivity index (χ4v) is 3.53. The van der Waals surface area contributed by atoms with E-state index in [9.17, 15) is 9.59 Å². The van der Waals surface area contributed by atoms with E-state index in [4.69, 9.17) is 4.74 Å². The van der Waals surface area contributed by atoms with Crippen LogP contribution in [0.2, 0.25) is 0 Å². The van der Waals surface area contributed by atoms with Gasteiger partial charge in [0.25, 0.3) is 0 Å². The lowest BCUT2D eigenvalue weighted by atomic mass is 9.89. The number of hydrogen-bond donors (Lipinski definition) is 1. The summed E-state index contributed by atoms with van der Waals surface area (Å²) in [5.41, 5.74) is 0.638. The summed E-state index contributed by atoms with van der Waals surface area (Å²) >= 11 is 0. The van der Waals surface area contributed by atoms with E-state index >= 15 is 0 Å². The van der Waals surface area contributed by atoms with Crippen molar-refractivity contribution in [1.29, 1.82) is 0 Å². The number of benzene rings is 1. The third kappa shape index (κ3) is 4.01. The minimum absolute atomic E-state index is 0.0847. The van der Waals surface area contributed by atoms with Crippen LogP contribution in [0, 0.1) is 5.41 Å². The summed E-state index contributed by atoms with van der Waals surface area (Å²) in [7, 11) is 0. The highest BCUT2D eigenvalue weighted by Gasteiger charge is 2.39. The molecule has 0 aromatic heterocycles. The van der Waals surface area contributed by atoms with Gasteiger partial charge in [0.15, 0.2) is 0 Å². The van der Waals surface area contributed by atoms with Crippen LogP contribution in [-0.4, -0.2) is 56.1 Å². The first-order valence-corrected chi connectivity index (χ1v) is 9.53. The minimum Gasteiger partial charge on any atom is -0.378 e. The van der Waals surface area contributed by atoms with Crippen molar-refractivity contribution < 1.29 is 14.3 Å². The second-order valence-electron chi connectivity index (χ2n) is 7.55. The first-order chi connectivity index (χ1) is 12.5. The van der Waals surface area contributed by atoms with Gasteiger partial charge in [-0.05, 0) is 45.2 Å². The van der Waals surface area contributed by atoms with Crippen LogP contribution in [0.3, 0.4) is 0 Å². The standard InChI is InChI=1S/C20H29N3O3/c1-20(2,19(25)23-10-6-3-7-11-23)18(24)21-16-8-4-5-9-17(16)22-12-14-26-15-13-22/h4-5,8-9H,3,6-7,10-15H2,1-2H3,(H,21,24). The molecule has 2 aliphatic rings. The highest BCUT2D eigenvalue weighted by atomic mass is 16.5. The van der Waals surface area contributed by atoms with Gasteiger partial charge in [-0.25, -0.2) is 0 Å². The molecule has 0 aliphatic carbocycles. The molecule has 3 rings (SSSR count). The molecule has 0 spiro atoms. The van der Waals surface area contributed by atoms with E-state index in [0.717, 1.165) is 56.8 Å². The van der Waals surface area contributed by atoms with Crippen molar-refractivity contribution in [2.24, 2.45) is 5.41 Å². The van der Waals surface area contributed by atoms with Crippen molar-refractivity contribution in [3.05, 3.63) is 24.3 Å². The summed E-state index contributed by atoms with van der Waals surface area (Å²) in [4.78, 5) is 29.9. The number of likely N-dealkylation sites (tertiary alicyclic amines) is 1. The van der Waals surface area contributed by atoms with Crippen molar-refractivity contribution in [2.45, 2.75) is 33.1 Å². The third-order valence-electron chi connectivity index (χ3n) is 5.25. The van der Waals surface area contributed by atoms with Gasteiger partial charge in [-0.3, -0.25) is 9.59 Å². The van der Waals surface area contributed by atoms with Gasteiger partial charge in [-0.15, -0.1) is 0 Å². The molecule has 0 unspecified atom stereocenters. The molecule has 142 valence electrons. The Labute approximate surface area is 155 Å². The third-order valence-corrected chi connectivity index (χ3v) is 5.25. The van der Waals surface area contributed by atoms with Gasteiger partial charge in [0.05, 0.1) is 24.6 Å². The Balaban J connectivity index is 1.73. The molecule has 6 heteroatoms. The number of anilines is 2. The average Bonchev–Trinajstić information content (AvgIpc) is 2.69. The number of hydrogen-bond acceptors (Lipinski definition) is 4. The van der Waals surface area contributed by atoms with Gasteiger partial charge >= 0.3 is 0 Å². The van der Waals surface area contributed by atoms with E-state index in [2.05, 4.69) is 10.2 Å². The summed E-state index contributed by atoms with van der Waals surface area (Å²) in [6.07, 6.45) is 3.19. The van der Waals surface area contributed by atoms with Crippen molar-refractivity contribution in [3.8, 4) is 0 Å². The second-order valence-corrected chi connectivity index (χ2v) is 7.55. The largest absolute Gasteiger partial charge is 0.378 e. The quantitative estimate of drug-likeness (QED) is 0.839. The van der Waals surface area contributed by atoms with Crippen molar-refractivity contribution >= 4 is 23.2 Å². The zero-order valence-corrected chi connectivity index (χ0v) is 15.8. The van der Waals surface area contributed by atoms with E-state index in [-0.39, 0.29) is 11.8 Å². The van der Waals surface area contributed by atoms with E-state index < -0.39 is 5.41 Å². The fourth-order valence-electron chi connectivity index (χ4n) is 3.53.